The molecule has 8 heteroatoms. The molecule has 0 aliphatic rings. The highest BCUT2D eigenvalue weighted by atomic mass is 32.2. The molecule has 3 N–H and O–H groups in total. The molecular formula is C20H22N4O3S. The number of carbonyl (C=O) groups is 1. The Morgan fingerprint density at radius 3 is 2.36 bits per heavy atom. The lowest BCUT2D eigenvalue weighted by molar-refractivity contribution is 0.0940. The number of nitrogens with two attached hydrogens (primary N) is 1. The van der Waals surface area contributed by atoms with E-state index in [0.29, 0.717) is 11.1 Å². The van der Waals surface area contributed by atoms with Crippen molar-refractivity contribution in [2.24, 2.45) is 5.14 Å². The van der Waals surface area contributed by atoms with E-state index in [2.05, 4.69) is 10.4 Å². The normalized spacial score (nSPS) is 12.6. The van der Waals surface area contributed by atoms with Gasteiger partial charge >= 0.3 is 0 Å². The van der Waals surface area contributed by atoms with Gasteiger partial charge in [-0.1, -0.05) is 12.1 Å². The predicted octanol–water partition coefficient (Wildman–Crippen LogP) is 2.63. The molecule has 0 fully saturated rings. The molecule has 0 aliphatic heterocycles. The number of aryl methyl sites for hydroxylation is 2. The van der Waals surface area contributed by atoms with Crippen LogP contribution in [0.2, 0.25) is 0 Å². The summed E-state index contributed by atoms with van der Waals surface area (Å²) in [7, 11) is -3.79. The number of hydrogen-bond donors (Lipinski definition) is 2. The molecule has 0 aliphatic carbocycles. The molecule has 1 heterocycles. The van der Waals surface area contributed by atoms with Crippen molar-refractivity contribution < 1.29 is 13.2 Å². The van der Waals surface area contributed by atoms with E-state index in [4.69, 9.17) is 5.14 Å². The van der Waals surface area contributed by atoms with Crippen LogP contribution in [0.1, 0.15) is 40.3 Å². The van der Waals surface area contributed by atoms with Crippen molar-refractivity contribution in [3.63, 3.8) is 0 Å². The fraction of sp³-hybridized carbons (Fsp3) is 0.200. The predicted molar refractivity (Wildman–Crippen MR) is 107 cm³/mol. The van der Waals surface area contributed by atoms with Crippen molar-refractivity contribution in [3.05, 3.63) is 77.1 Å². The van der Waals surface area contributed by atoms with Gasteiger partial charge < -0.3 is 5.32 Å². The van der Waals surface area contributed by atoms with Gasteiger partial charge in [0.2, 0.25) is 10.0 Å². The van der Waals surface area contributed by atoms with Crippen LogP contribution in [0.3, 0.4) is 0 Å². The number of sulfonamides is 1. The number of nitrogens with zero attached hydrogens (tertiary/aromatic N) is 2. The van der Waals surface area contributed by atoms with E-state index < -0.39 is 10.0 Å². The minimum absolute atomic E-state index is 0.0142. The van der Waals surface area contributed by atoms with E-state index >= 15 is 0 Å². The van der Waals surface area contributed by atoms with Crippen LogP contribution in [0.25, 0.3) is 5.69 Å². The summed E-state index contributed by atoms with van der Waals surface area (Å²) < 4.78 is 24.8. The topological polar surface area (TPSA) is 107 Å². The van der Waals surface area contributed by atoms with Gasteiger partial charge in [0.05, 0.1) is 22.3 Å². The van der Waals surface area contributed by atoms with E-state index in [9.17, 15) is 13.2 Å². The zero-order chi connectivity index (χ0) is 20.5. The van der Waals surface area contributed by atoms with E-state index in [1.165, 1.54) is 12.1 Å². The molecule has 3 rings (SSSR count). The standard InChI is InChI=1S/C20H22N4O3S/c1-13-11-14(2)24(23-13)18-9-7-16(8-10-18)20(25)22-15(3)17-5-4-6-19(12-17)28(21,26)27/h4-12,15H,1-3H3,(H,22,25)(H2,21,26,27). The maximum Gasteiger partial charge on any atom is 0.251 e. The fourth-order valence-electron chi connectivity index (χ4n) is 2.97. The smallest absolute Gasteiger partial charge is 0.251 e. The number of nitrogens with one attached hydrogen (secondary N) is 1. The lowest BCUT2D eigenvalue weighted by atomic mass is 10.1. The number of aromatic nitrogens is 2. The Morgan fingerprint density at radius 2 is 1.79 bits per heavy atom. The van der Waals surface area contributed by atoms with E-state index in [1.807, 2.05) is 36.7 Å². The molecule has 0 radical (unpaired) electrons. The fourth-order valence-corrected chi connectivity index (χ4v) is 3.54. The first kappa shape index (κ1) is 19.8. The van der Waals surface area contributed by atoms with Gasteiger partial charge in [0, 0.05) is 11.3 Å². The Kier molecular flexibility index (Phi) is 5.35. The molecule has 28 heavy (non-hydrogen) atoms. The lowest BCUT2D eigenvalue weighted by Crippen LogP contribution is -2.26. The van der Waals surface area contributed by atoms with Gasteiger partial charge in [0.25, 0.3) is 5.91 Å². The quantitative estimate of drug-likeness (QED) is 0.689. The number of hydrogen-bond acceptors (Lipinski definition) is 4. The summed E-state index contributed by atoms with van der Waals surface area (Å²) in [6.07, 6.45) is 0. The van der Waals surface area contributed by atoms with Crippen LogP contribution in [-0.4, -0.2) is 24.1 Å². The molecule has 1 aromatic heterocycles. The number of carbonyl (C=O) groups excluding carboxylic acids is 1. The first-order valence-electron chi connectivity index (χ1n) is 8.72. The summed E-state index contributed by atoms with van der Waals surface area (Å²) in [6.45, 7) is 5.68. The third kappa shape index (κ3) is 4.29. The van der Waals surface area contributed by atoms with E-state index in [-0.39, 0.29) is 16.8 Å². The zero-order valence-corrected chi connectivity index (χ0v) is 16.7. The molecule has 0 bridgehead atoms. The Morgan fingerprint density at radius 1 is 1.11 bits per heavy atom. The lowest BCUT2D eigenvalue weighted by Gasteiger charge is -2.15. The van der Waals surface area contributed by atoms with Gasteiger partial charge in [-0.05, 0) is 68.8 Å². The summed E-state index contributed by atoms with van der Waals surface area (Å²) in [5, 5.41) is 12.5. The van der Waals surface area contributed by atoms with Crippen LogP contribution in [0.15, 0.2) is 59.5 Å². The van der Waals surface area contributed by atoms with Crippen molar-refractivity contribution in [2.75, 3.05) is 0 Å². The molecule has 0 spiro atoms. The second-order valence-electron chi connectivity index (χ2n) is 6.70. The number of primary sulfonamides is 1. The van der Waals surface area contributed by atoms with Gasteiger partial charge in [-0.3, -0.25) is 4.79 Å². The minimum atomic E-state index is -3.79. The molecule has 0 saturated carbocycles. The van der Waals surface area contributed by atoms with Crippen molar-refractivity contribution in [1.29, 1.82) is 0 Å². The average molecular weight is 398 g/mol. The zero-order valence-electron chi connectivity index (χ0n) is 15.9. The van der Waals surface area contributed by atoms with Crippen LogP contribution in [-0.2, 0) is 10.0 Å². The molecule has 146 valence electrons. The van der Waals surface area contributed by atoms with Gasteiger partial charge in [-0.2, -0.15) is 5.10 Å². The Labute approximate surface area is 164 Å². The summed E-state index contributed by atoms with van der Waals surface area (Å²) in [5.41, 5.74) is 3.96. The van der Waals surface area contributed by atoms with Crippen LogP contribution in [0.5, 0.6) is 0 Å². The Balaban J connectivity index is 1.75. The number of amides is 1. The third-order valence-electron chi connectivity index (χ3n) is 4.42. The van der Waals surface area contributed by atoms with Crippen LogP contribution in [0.4, 0.5) is 0 Å². The van der Waals surface area contributed by atoms with Gasteiger partial charge in [-0.25, -0.2) is 18.2 Å². The van der Waals surface area contributed by atoms with Gasteiger partial charge in [0.15, 0.2) is 0 Å². The summed E-state index contributed by atoms with van der Waals surface area (Å²) in [4.78, 5) is 12.6. The largest absolute Gasteiger partial charge is 0.346 e. The molecule has 1 atom stereocenters. The second-order valence-corrected chi connectivity index (χ2v) is 8.26. The number of rotatable bonds is 5. The first-order chi connectivity index (χ1) is 13.1. The second kappa shape index (κ2) is 7.57. The van der Waals surface area contributed by atoms with Crippen LogP contribution >= 0.6 is 0 Å². The first-order valence-corrected chi connectivity index (χ1v) is 10.3. The van der Waals surface area contributed by atoms with Crippen LogP contribution in [0, 0.1) is 13.8 Å². The highest BCUT2D eigenvalue weighted by Crippen LogP contribution is 2.18. The molecule has 1 amide bonds. The Bertz CT molecular complexity index is 1120. The maximum absolute atomic E-state index is 12.6. The Hall–Kier alpha value is -2.97. The summed E-state index contributed by atoms with van der Waals surface area (Å²) >= 11 is 0. The van der Waals surface area contributed by atoms with E-state index in [1.54, 1.807) is 31.2 Å². The van der Waals surface area contributed by atoms with E-state index in [0.717, 1.165) is 17.1 Å². The van der Waals surface area contributed by atoms with Crippen molar-refractivity contribution in [3.8, 4) is 5.69 Å². The molecule has 7 nitrogen and oxygen atoms in total. The minimum Gasteiger partial charge on any atom is -0.346 e. The SMILES string of the molecule is Cc1cc(C)n(-c2ccc(C(=O)NC(C)c3cccc(S(N)(=O)=O)c3)cc2)n1. The highest BCUT2D eigenvalue weighted by molar-refractivity contribution is 7.89. The monoisotopic (exact) mass is 398 g/mol. The van der Waals surface area contributed by atoms with Crippen molar-refractivity contribution >= 4 is 15.9 Å². The molecule has 0 saturated heterocycles. The van der Waals surface area contributed by atoms with Crippen LogP contribution < -0.4 is 10.5 Å². The summed E-state index contributed by atoms with van der Waals surface area (Å²) in [6, 6.07) is 15.0. The number of benzene rings is 2. The molecule has 3 aromatic rings. The molecule has 1 unspecified atom stereocenters. The van der Waals surface area contributed by atoms with Crippen molar-refractivity contribution in [2.45, 2.75) is 31.7 Å². The van der Waals surface area contributed by atoms with Crippen molar-refractivity contribution in [1.82, 2.24) is 15.1 Å². The third-order valence-corrected chi connectivity index (χ3v) is 5.33. The average Bonchev–Trinajstić information content (AvgIpc) is 2.99. The van der Waals surface area contributed by atoms with Gasteiger partial charge in [0.1, 0.15) is 0 Å². The maximum atomic E-state index is 12.6. The molecule has 2 aromatic carbocycles. The van der Waals surface area contributed by atoms with Gasteiger partial charge in [-0.15, -0.1) is 0 Å². The summed E-state index contributed by atoms with van der Waals surface area (Å²) in [5.74, 6) is -0.256. The highest BCUT2D eigenvalue weighted by Gasteiger charge is 2.15. The molecular weight excluding hydrogens is 376 g/mol.